The van der Waals surface area contributed by atoms with Crippen LogP contribution in [0.4, 0.5) is 5.69 Å². The summed E-state index contributed by atoms with van der Waals surface area (Å²) in [6.45, 7) is 3.71. The van der Waals surface area contributed by atoms with Gasteiger partial charge in [-0.2, -0.15) is 0 Å². The van der Waals surface area contributed by atoms with Gasteiger partial charge in [-0.15, -0.1) is 0 Å². The molecule has 1 aromatic rings. The Morgan fingerprint density at radius 2 is 1.94 bits per heavy atom. The van der Waals surface area contributed by atoms with Gasteiger partial charge in [-0.1, -0.05) is 23.7 Å². The number of hydrogen-bond acceptors (Lipinski definition) is 2. The molecule has 0 spiro atoms. The van der Waals surface area contributed by atoms with E-state index in [1.54, 1.807) is 18.2 Å². The molecule has 0 unspecified atom stereocenters. The normalized spacial score (nSPS) is 9.82. The molecule has 0 aliphatic carbocycles. The number of nitrogens with one attached hydrogen (secondary N) is 1. The molecule has 0 saturated carbocycles. The maximum Gasteiger partial charge on any atom is 0.223 e. The van der Waals surface area contributed by atoms with E-state index in [0.29, 0.717) is 23.8 Å². The van der Waals surface area contributed by atoms with Gasteiger partial charge in [-0.3, -0.25) is 9.59 Å². The summed E-state index contributed by atoms with van der Waals surface area (Å²) in [5.74, 6) is -0.226. The Morgan fingerprint density at radius 1 is 1.29 bits per heavy atom. The SMILES string of the molecule is CC(=O)NCCN(C(C)=O)c1ccccc1Cl. The number of para-hydroxylation sites is 1. The van der Waals surface area contributed by atoms with Crippen molar-refractivity contribution in [2.45, 2.75) is 13.8 Å². The minimum atomic E-state index is -0.118. The topological polar surface area (TPSA) is 49.4 Å². The van der Waals surface area contributed by atoms with Crippen LogP contribution < -0.4 is 10.2 Å². The lowest BCUT2D eigenvalue weighted by Gasteiger charge is -2.22. The summed E-state index contributed by atoms with van der Waals surface area (Å²) in [6, 6.07) is 7.12. The van der Waals surface area contributed by atoms with Gasteiger partial charge in [-0.05, 0) is 12.1 Å². The standard InChI is InChI=1S/C12H15ClN2O2/c1-9(16)14-7-8-15(10(2)17)12-6-4-3-5-11(12)13/h3-6H,7-8H2,1-2H3,(H,14,16). The largest absolute Gasteiger partial charge is 0.355 e. The fourth-order valence-electron chi connectivity index (χ4n) is 1.46. The monoisotopic (exact) mass is 254 g/mol. The Hall–Kier alpha value is -1.55. The van der Waals surface area contributed by atoms with Crippen LogP contribution in [0, 0.1) is 0 Å². The summed E-state index contributed by atoms with van der Waals surface area (Å²) >= 11 is 6.02. The Balaban J connectivity index is 2.76. The van der Waals surface area contributed by atoms with Crippen molar-refractivity contribution >= 4 is 29.1 Å². The first-order valence-corrected chi connectivity index (χ1v) is 5.67. The highest BCUT2D eigenvalue weighted by atomic mass is 35.5. The van der Waals surface area contributed by atoms with E-state index < -0.39 is 0 Å². The van der Waals surface area contributed by atoms with Gasteiger partial charge in [0.15, 0.2) is 0 Å². The van der Waals surface area contributed by atoms with E-state index in [1.165, 1.54) is 18.7 Å². The molecule has 0 aliphatic heterocycles. The Bertz CT molecular complexity index is 421. The second-order valence-electron chi connectivity index (χ2n) is 3.61. The maximum absolute atomic E-state index is 11.5. The van der Waals surface area contributed by atoms with E-state index in [4.69, 9.17) is 11.6 Å². The van der Waals surface area contributed by atoms with Crippen LogP contribution in [-0.4, -0.2) is 24.9 Å². The molecule has 1 rings (SSSR count). The number of rotatable bonds is 4. The highest BCUT2D eigenvalue weighted by molar-refractivity contribution is 6.33. The van der Waals surface area contributed by atoms with Crippen LogP contribution in [0.1, 0.15) is 13.8 Å². The third-order valence-corrected chi connectivity index (χ3v) is 2.55. The van der Waals surface area contributed by atoms with E-state index >= 15 is 0 Å². The van der Waals surface area contributed by atoms with Crippen molar-refractivity contribution in [2.75, 3.05) is 18.0 Å². The molecule has 4 nitrogen and oxygen atoms in total. The fourth-order valence-corrected chi connectivity index (χ4v) is 1.70. The number of carbonyl (C=O) groups excluding carboxylic acids is 2. The Labute approximate surface area is 106 Å². The third-order valence-electron chi connectivity index (χ3n) is 2.23. The highest BCUT2D eigenvalue weighted by Gasteiger charge is 2.13. The number of benzene rings is 1. The van der Waals surface area contributed by atoms with Gasteiger partial charge in [0, 0.05) is 26.9 Å². The van der Waals surface area contributed by atoms with E-state index in [9.17, 15) is 9.59 Å². The Morgan fingerprint density at radius 3 is 2.47 bits per heavy atom. The molecule has 2 amide bonds. The van der Waals surface area contributed by atoms with Crippen molar-refractivity contribution in [3.63, 3.8) is 0 Å². The molecule has 17 heavy (non-hydrogen) atoms. The molecule has 0 heterocycles. The molecule has 0 saturated heterocycles. The number of carbonyl (C=O) groups is 2. The summed E-state index contributed by atoms with van der Waals surface area (Å²) in [6.07, 6.45) is 0. The Kier molecular flexibility index (Phi) is 4.97. The first-order chi connectivity index (χ1) is 8.02. The molecular weight excluding hydrogens is 240 g/mol. The van der Waals surface area contributed by atoms with Crippen molar-refractivity contribution in [3.05, 3.63) is 29.3 Å². The molecule has 5 heteroatoms. The zero-order valence-corrected chi connectivity index (χ0v) is 10.6. The molecule has 0 aromatic heterocycles. The smallest absolute Gasteiger partial charge is 0.223 e. The minimum absolute atomic E-state index is 0.108. The van der Waals surface area contributed by atoms with Gasteiger partial charge >= 0.3 is 0 Å². The maximum atomic E-state index is 11.5. The molecule has 0 aliphatic rings. The number of halogens is 1. The van der Waals surface area contributed by atoms with E-state index in [2.05, 4.69) is 5.32 Å². The average molecular weight is 255 g/mol. The number of hydrogen-bond donors (Lipinski definition) is 1. The van der Waals surface area contributed by atoms with Gasteiger partial charge in [0.05, 0.1) is 10.7 Å². The fraction of sp³-hybridized carbons (Fsp3) is 0.333. The van der Waals surface area contributed by atoms with Crippen LogP contribution in [0.5, 0.6) is 0 Å². The zero-order chi connectivity index (χ0) is 12.8. The highest BCUT2D eigenvalue weighted by Crippen LogP contribution is 2.24. The van der Waals surface area contributed by atoms with E-state index in [1.807, 2.05) is 6.07 Å². The van der Waals surface area contributed by atoms with E-state index in [0.717, 1.165) is 0 Å². The van der Waals surface area contributed by atoms with E-state index in [-0.39, 0.29) is 11.8 Å². The molecule has 92 valence electrons. The van der Waals surface area contributed by atoms with Crippen molar-refractivity contribution in [3.8, 4) is 0 Å². The van der Waals surface area contributed by atoms with Crippen LogP contribution in [-0.2, 0) is 9.59 Å². The second kappa shape index (κ2) is 6.25. The van der Waals surface area contributed by atoms with Gasteiger partial charge in [0.1, 0.15) is 0 Å². The zero-order valence-electron chi connectivity index (χ0n) is 9.87. The van der Waals surface area contributed by atoms with Gasteiger partial charge in [0.2, 0.25) is 11.8 Å². The minimum Gasteiger partial charge on any atom is -0.355 e. The molecular formula is C12H15ClN2O2. The number of anilines is 1. The molecule has 0 bridgehead atoms. The van der Waals surface area contributed by atoms with Gasteiger partial charge in [-0.25, -0.2) is 0 Å². The summed E-state index contributed by atoms with van der Waals surface area (Å²) < 4.78 is 0. The van der Waals surface area contributed by atoms with Gasteiger partial charge in [0.25, 0.3) is 0 Å². The van der Waals surface area contributed by atoms with Crippen LogP contribution >= 0.6 is 11.6 Å². The predicted molar refractivity (Wildman–Crippen MR) is 68.2 cm³/mol. The van der Waals surface area contributed by atoms with Crippen molar-refractivity contribution in [2.24, 2.45) is 0 Å². The summed E-state index contributed by atoms with van der Waals surface area (Å²) in [7, 11) is 0. The molecule has 0 atom stereocenters. The van der Waals surface area contributed by atoms with Crippen molar-refractivity contribution in [1.82, 2.24) is 5.32 Å². The molecule has 1 N–H and O–H groups in total. The lowest BCUT2D eigenvalue weighted by molar-refractivity contribution is -0.119. The molecule has 0 radical (unpaired) electrons. The number of amides is 2. The average Bonchev–Trinajstić information content (AvgIpc) is 2.25. The van der Waals surface area contributed by atoms with Crippen molar-refractivity contribution in [1.29, 1.82) is 0 Å². The third kappa shape index (κ3) is 4.07. The quantitative estimate of drug-likeness (QED) is 0.891. The van der Waals surface area contributed by atoms with Crippen LogP contribution in [0.25, 0.3) is 0 Å². The first-order valence-electron chi connectivity index (χ1n) is 5.29. The second-order valence-corrected chi connectivity index (χ2v) is 4.01. The van der Waals surface area contributed by atoms with Crippen LogP contribution in [0.3, 0.4) is 0 Å². The van der Waals surface area contributed by atoms with Gasteiger partial charge < -0.3 is 10.2 Å². The molecule has 1 aromatic carbocycles. The summed E-state index contributed by atoms with van der Waals surface area (Å²) in [5.41, 5.74) is 0.659. The summed E-state index contributed by atoms with van der Waals surface area (Å²) in [5, 5.41) is 3.16. The lowest BCUT2D eigenvalue weighted by atomic mass is 10.3. The van der Waals surface area contributed by atoms with Crippen molar-refractivity contribution < 1.29 is 9.59 Å². The molecule has 0 fully saturated rings. The van der Waals surface area contributed by atoms with Crippen LogP contribution in [0.2, 0.25) is 5.02 Å². The number of nitrogens with zero attached hydrogens (tertiary/aromatic N) is 1. The summed E-state index contributed by atoms with van der Waals surface area (Å²) in [4.78, 5) is 23.8. The first kappa shape index (κ1) is 13.5. The van der Waals surface area contributed by atoms with Crippen LogP contribution in [0.15, 0.2) is 24.3 Å². The lowest BCUT2D eigenvalue weighted by Crippen LogP contribution is -2.37. The predicted octanol–water partition coefficient (Wildman–Crippen LogP) is 1.83.